The molecule has 0 heterocycles. The van der Waals surface area contributed by atoms with E-state index in [1.165, 1.54) is 12.1 Å². The van der Waals surface area contributed by atoms with E-state index in [9.17, 15) is 18.0 Å². The molecule has 2 rings (SSSR count). The number of carbonyl (C=O) groups is 1. The maximum atomic E-state index is 12.1. The molecule has 0 radical (unpaired) electrons. The van der Waals surface area contributed by atoms with Gasteiger partial charge in [0, 0.05) is 0 Å². The standard InChI is InChI=1S/C14H9F3O2/c15-14(16,17)19-13(18)12-9-5-4-8-11(12)10-6-2-1-3-7-10/h1-9H. The van der Waals surface area contributed by atoms with Gasteiger partial charge in [-0.15, -0.1) is 13.2 Å². The van der Waals surface area contributed by atoms with Crippen LogP contribution in [0.2, 0.25) is 0 Å². The number of rotatable bonds is 2. The number of halogens is 3. The van der Waals surface area contributed by atoms with Crippen LogP contribution in [0.15, 0.2) is 54.6 Å². The largest absolute Gasteiger partial charge is 0.575 e. The maximum Gasteiger partial charge on any atom is 0.575 e. The van der Waals surface area contributed by atoms with E-state index in [0.717, 1.165) is 0 Å². The average molecular weight is 266 g/mol. The van der Waals surface area contributed by atoms with E-state index in [4.69, 9.17) is 0 Å². The fourth-order valence-corrected chi connectivity index (χ4v) is 1.69. The Morgan fingerprint density at radius 1 is 0.895 bits per heavy atom. The lowest BCUT2D eigenvalue weighted by atomic mass is 10.00. The van der Waals surface area contributed by atoms with Crippen molar-refractivity contribution in [3.63, 3.8) is 0 Å². The molecule has 0 N–H and O–H groups in total. The molecule has 0 bridgehead atoms. The first-order valence-corrected chi connectivity index (χ1v) is 5.42. The topological polar surface area (TPSA) is 26.3 Å². The van der Waals surface area contributed by atoms with Crippen LogP contribution in [-0.4, -0.2) is 12.3 Å². The average Bonchev–Trinajstić information content (AvgIpc) is 2.38. The molecule has 0 unspecified atom stereocenters. The number of hydrogen-bond acceptors (Lipinski definition) is 2. The molecule has 0 saturated carbocycles. The van der Waals surface area contributed by atoms with Gasteiger partial charge in [0.05, 0.1) is 5.56 Å². The van der Waals surface area contributed by atoms with E-state index in [0.29, 0.717) is 11.1 Å². The lowest BCUT2D eigenvalue weighted by Gasteiger charge is -2.11. The summed E-state index contributed by atoms with van der Waals surface area (Å²) in [7, 11) is 0. The maximum absolute atomic E-state index is 12.1. The summed E-state index contributed by atoms with van der Waals surface area (Å²) in [6.07, 6.45) is -4.99. The Bertz CT molecular complexity index is 577. The van der Waals surface area contributed by atoms with E-state index in [2.05, 4.69) is 4.74 Å². The molecular weight excluding hydrogens is 257 g/mol. The van der Waals surface area contributed by atoms with Crippen molar-refractivity contribution < 1.29 is 22.7 Å². The molecule has 2 aromatic carbocycles. The van der Waals surface area contributed by atoms with Crippen LogP contribution in [0.3, 0.4) is 0 Å². The molecule has 19 heavy (non-hydrogen) atoms. The number of hydrogen-bond donors (Lipinski definition) is 0. The normalized spacial score (nSPS) is 11.1. The van der Waals surface area contributed by atoms with Crippen LogP contribution in [0.25, 0.3) is 11.1 Å². The van der Waals surface area contributed by atoms with Crippen LogP contribution in [-0.2, 0) is 4.74 Å². The monoisotopic (exact) mass is 266 g/mol. The molecule has 2 nitrogen and oxygen atoms in total. The molecule has 2 aromatic rings. The van der Waals surface area contributed by atoms with Crippen molar-refractivity contribution in [3.05, 3.63) is 60.2 Å². The summed E-state index contributed by atoms with van der Waals surface area (Å²) in [6.45, 7) is 0. The van der Waals surface area contributed by atoms with Crippen LogP contribution in [0.5, 0.6) is 0 Å². The van der Waals surface area contributed by atoms with Crippen molar-refractivity contribution in [3.8, 4) is 11.1 Å². The Morgan fingerprint density at radius 2 is 1.47 bits per heavy atom. The number of alkyl halides is 3. The third-order valence-electron chi connectivity index (χ3n) is 2.44. The third kappa shape index (κ3) is 3.34. The van der Waals surface area contributed by atoms with Crippen molar-refractivity contribution in [2.45, 2.75) is 6.36 Å². The van der Waals surface area contributed by atoms with E-state index in [1.807, 2.05) is 0 Å². The number of esters is 1. The van der Waals surface area contributed by atoms with Gasteiger partial charge in [-0.3, -0.25) is 0 Å². The minimum atomic E-state index is -4.99. The molecular formula is C14H9F3O2. The summed E-state index contributed by atoms with van der Waals surface area (Å²) >= 11 is 0. The Morgan fingerprint density at radius 3 is 2.11 bits per heavy atom. The van der Waals surface area contributed by atoms with E-state index >= 15 is 0 Å². The highest BCUT2D eigenvalue weighted by molar-refractivity contribution is 5.97. The highest BCUT2D eigenvalue weighted by Gasteiger charge is 2.35. The minimum absolute atomic E-state index is 0.119. The summed E-state index contributed by atoms with van der Waals surface area (Å²) in [5.41, 5.74) is 0.931. The first-order valence-electron chi connectivity index (χ1n) is 5.42. The van der Waals surface area contributed by atoms with E-state index in [-0.39, 0.29) is 5.56 Å². The fraction of sp³-hybridized carbons (Fsp3) is 0.0714. The second kappa shape index (κ2) is 5.14. The van der Waals surface area contributed by atoms with Gasteiger partial charge in [-0.25, -0.2) is 4.79 Å². The highest BCUT2D eigenvalue weighted by atomic mass is 19.4. The van der Waals surface area contributed by atoms with Crippen molar-refractivity contribution >= 4 is 5.97 Å². The molecule has 0 aromatic heterocycles. The molecule has 5 heteroatoms. The summed E-state index contributed by atoms with van der Waals surface area (Å²) in [5.74, 6) is -1.41. The molecule has 0 aliphatic rings. The number of carbonyl (C=O) groups excluding carboxylic acids is 1. The fourth-order valence-electron chi connectivity index (χ4n) is 1.69. The van der Waals surface area contributed by atoms with Crippen molar-refractivity contribution in [2.24, 2.45) is 0 Å². The summed E-state index contributed by atoms with van der Waals surface area (Å²) in [6, 6.07) is 14.7. The van der Waals surface area contributed by atoms with Crippen LogP contribution in [0.1, 0.15) is 10.4 Å². The zero-order chi connectivity index (χ0) is 13.9. The van der Waals surface area contributed by atoms with Crippen molar-refractivity contribution in [1.82, 2.24) is 0 Å². The zero-order valence-electron chi connectivity index (χ0n) is 9.65. The Hall–Kier alpha value is -2.30. The number of benzene rings is 2. The van der Waals surface area contributed by atoms with Crippen LogP contribution < -0.4 is 0 Å². The molecule has 0 amide bonds. The van der Waals surface area contributed by atoms with Crippen LogP contribution in [0, 0.1) is 0 Å². The van der Waals surface area contributed by atoms with Gasteiger partial charge in [0.1, 0.15) is 0 Å². The van der Waals surface area contributed by atoms with E-state index in [1.54, 1.807) is 42.5 Å². The summed E-state index contributed by atoms with van der Waals surface area (Å²) in [5, 5.41) is 0. The van der Waals surface area contributed by atoms with Gasteiger partial charge in [-0.2, -0.15) is 0 Å². The lowest BCUT2D eigenvalue weighted by molar-refractivity contribution is -0.291. The SMILES string of the molecule is O=C(OC(F)(F)F)c1ccccc1-c1ccccc1. The van der Waals surface area contributed by atoms with Crippen LogP contribution in [0.4, 0.5) is 13.2 Å². The Labute approximate surface area is 107 Å². The van der Waals surface area contributed by atoms with Gasteiger partial charge < -0.3 is 4.74 Å². The Balaban J connectivity index is 2.40. The quantitative estimate of drug-likeness (QED) is 0.767. The molecule has 98 valence electrons. The molecule has 0 spiro atoms. The van der Waals surface area contributed by atoms with Gasteiger partial charge in [0.2, 0.25) is 0 Å². The predicted octanol–water partition coefficient (Wildman–Crippen LogP) is 4.03. The first kappa shape index (κ1) is 13.1. The summed E-state index contributed by atoms with van der Waals surface area (Å²) < 4.78 is 39.7. The highest BCUT2D eigenvalue weighted by Crippen LogP contribution is 2.26. The van der Waals surface area contributed by atoms with Gasteiger partial charge in [0.25, 0.3) is 0 Å². The lowest BCUT2D eigenvalue weighted by Crippen LogP contribution is -2.19. The molecule has 0 aliphatic carbocycles. The van der Waals surface area contributed by atoms with Gasteiger partial charge in [0.15, 0.2) is 0 Å². The van der Waals surface area contributed by atoms with Gasteiger partial charge in [-0.05, 0) is 17.2 Å². The molecule has 0 fully saturated rings. The number of ether oxygens (including phenoxy) is 1. The second-order valence-corrected chi connectivity index (χ2v) is 3.75. The predicted molar refractivity (Wildman–Crippen MR) is 63.3 cm³/mol. The minimum Gasteiger partial charge on any atom is -0.369 e. The molecule has 0 saturated heterocycles. The van der Waals surface area contributed by atoms with E-state index < -0.39 is 12.3 Å². The zero-order valence-corrected chi connectivity index (χ0v) is 9.65. The second-order valence-electron chi connectivity index (χ2n) is 3.75. The molecule has 0 aliphatic heterocycles. The van der Waals surface area contributed by atoms with Gasteiger partial charge >= 0.3 is 12.3 Å². The third-order valence-corrected chi connectivity index (χ3v) is 2.44. The molecule has 0 atom stereocenters. The van der Waals surface area contributed by atoms with Crippen LogP contribution >= 0.6 is 0 Å². The smallest absolute Gasteiger partial charge is 0.369 e. The first-order chi connectivity index (χ1) is 8.97. The Kier molecular flexibility index (Phi) is 3.55. The van der Waals surface area contributed by atoms with Crippen molar-refractivity contribution in [2.75, 3.05) is 0 Å². The van der Waals surface area contributed by atoms with Gasteiger partial charge in [-0.1, -0.05) is 48.5 Å². The summed E-state index contributed by atoms with van der Waals surface area (Å²) in [4.78, 5) is 11.5. The van der Waals surface area contributed by atoms with Crippen molar-refractivity contribution in [1.29, 1.82) is 0 Å².